The smallest absolute Gasteiger partial charge is 0.339 e. The Hall–Kier alpha value is -1.62. The van der Waals surface area contributed by atoms with Crippen molar-refractivity contribution in [3.8, 4) is 0 Å². The van der Waals surface area contributed by atoms with E-state index in [1.54, 1.807) is 12.1 Å². The number of carboxylic acid groups (broad SMARTS) is 1. The van der Waals surface area contributed by atoms with Gasteiger partial charge in [0.2, 0.25) is 0 Å². The molecule has 1 aliphatic rings. The highest BCUT2D eigenvalue weighted by atomic mass is 16.5. The average molecular weight is 236 g/mol. The molecule has 1 saturated heterocycles. The Kier molecular flexibility index (Phi) is 3.28. The van der Waals surface area contributed by atoms with E-state index < -0.39 is 5.97 Å². The molecule has 0 aliphatic carbocycles. The number of aromatic nitrogens is 1. The van der Waals surface area contributed by atoms with Gasteiger partial charge in [0.1, 0.15) is 11.4 Å². The number of anilines is 1. The summed E-state index contributed by atoms with van der Waals surface area (Å²) in [7, 11) is 0. The number of aromatic carboxylic acids is 1. The molecule has 1 aromatic heterocycles. The van der Waals surface area contributed by atoms with Gasteiger partial charge in [-0.15, -0.1) is 0 Å². The molecule has 0 radical (unpaired) electrons. The fourth-order valence-electron chi connectivity index (χ4n) is 1.94. The summed E-state index contributed by atoms with van der Waals surface area (Å²) in [6.07, 6.45) is 0.953. The van der Waals surface area contributed by atoms with Gasteiger partial charge in [0.25, 0.3) is 0 Å². The zero-order chi connectivity index (χ0) is 12.4. The summed E-state index contributed by atoms with van der Waals surface area (Å²) in [6.45, 7) is 4.51. The predicted octanol–water partition coefficient (Wildman–Crippen LogP) is 1.68. The van der Waals surface area contributed by atoms with Crippen LogP contribution < -0.4 is 5.32 Å². The molecule has 2 unspecified atom stereocenters. The Balaban J connectivity index is 2.24. The lowest BCUT2D eigenvalue weighted by Gasteiger charge is -2.18. The molecule has 2 N–H and O–H groups in total. The van der Waals surface area contributed by atoms with Crippen LogP contribution in [0.2, 0.25) is 0 Å². The third-order valence-electron chi connectivity index (χ3n) is 2.96. The van der Waals surface area contributed by atoms with Gasteiger partial charge in [-0.25, -0.2) is 9.78 Å². The Morgan fingerprint density at radius 2 is 2.35 bits per heavy atom. The van der Waals surface area contributed by atoms with Crippen LogP contribution in [-0.2, 0) is 4.74 Å². The van der Waals surface area contributed by atoms with Crippen molar-refractivity contribution in [3.63, 3.8) is 0 Å². The van der Waals surface area contributed by atoms with Crippen molar-refractivity contribution in [2.24, 2.45) is 0 Å². The molecule has 17 heavy (non-hydrogen) atoms. The van der Waals surface area contributed by atoms with Crippen LogP contribution in [0.25, 0.3) is 0 Å². The van der Waals surface area contributed by atoms with Gasteiger partial charge in [-0.1, -0.05) is 0 Å². The second-order valence-electron chi connectivity index (χ2n) is 4.27. The highest BCUT2D eigenvalue weighted by Crippen LogP contribution is 2.20. The van der Waals surface area contributed by atoms with E-state index in [0.29, 0.717) is 12.4 Å². The first kappa shape index (κ1) is 11.9. The van der Waals surface area contributed by atoms with Crippen LogP contribution in [0.15, 0.2) is 12.1 Å². The van der Waals surface area contributed by atoms with Crippen molar-refractivity contribution in [1.29, 1.82) is 0 Å². The standard InChI is InChI=1S/C12H16N2O3/c1-7-3-4-9(12(15)16)11(13-7)14-10-5-6-17-8(10)2/h3-4,8,10H,5-6H2,1-2H3,(H,13,14)(H,15,16). The maximum atomic E-state index is 11.1. The van der Waals surface area contributed by atoms with Gasteiger partial charge in [-0.2, -0.15) is 0 Å². The monoisotopic (exact) mass is 236 g/mol. The van der Waals surface area contributed by atoms with Crippen LogP contribution in [-0.4, -0.2) is 34.8 Å². The van der Waals surface area contributed by atoms with Gasteiger partial charge in [-0.3, -0.25) is 0 Å². The molecule has 5 nitrogen and oxygen atoms in total. The first-order chi connectivity index (χ1) is 8.08. The molecule has 92 valence electrons. The van der Waals surface area contributed by atoms with Crippen LogP contribution >= 0.6 is 0 Å². The summed E-state index contributed by atoms with van der Waals surface area (Å²) in [5, 5.41) is 12.2. The molecule has 2 atom stereocenters. The number of hydrogen-bond acceptors (Lipinski definition) is 4. The number of aryl methyl sites for hydroxylation is 1. The molecule has 2 heterocycles. The number of rotatable bonds is 3. The van der Waals surface area contributed by atoms with Gasteiger partial charge < -0.3 is 15.2 Å². The third kappa shape index (κ3) is 2.55. The van der Waals surface area contributed by atoms with Crippen LogP contribution in [0.4, 0.5) is 5.82 Å². The second-order valence-corrected chi connectivity index (χ2v) is 4.27. The number of hydrogen-bond donors (Lipinski definition) is 2. The maximum absolute atomic E-state index is 11.1. The topological polar surface area (TPSA) is 71.5 Å². The van der Waals surface area contributed by atoms with E-state index in [0.717, 1.165) is 12.1 Å². The predicted molar refractivity (Wildman–Crippen MR) is 63.4 cm³/mol. The van der Waals surface area contributed by atoms with E-state index in [9.17, 15) is 4.79 Å². The van der Waals surface area contributed by atoms with E-state index in [1.165, 1.54) is 0 Å². The number of ether oxygens (including phenoxy) is 1. The quantitative estimate of drug-likeness (QED) is 0.835. The Bertz CT molecular complexity index is 434. The number of nitrogens with one attached hydrogen (secondary N) is 1. The highest BCUT2D eigenvalue weighted by Gasteiger charge is 2.25. The molecular formula is C12H16N2O3. The maximum Gasteiger partial charge on any atom is 0.339 e. The van der Waals surface area contributed by atoms with Crippen molar-refractivity contribution >= 4 is 11.8 Å². The van der Waals surface area contributed by atoms with Crippen molar-refractivity contribution in [3.05, 3.63) is 23.4 Å². The van der Waals surface area contributed by atoms with Gasteiger partial charge in [0.05, 0.1) is 12.1 Å². The number of carboxylic acids is 1. The Morgan fingerprint density at radius 1 is 1.59 bits per heavy atom. The Morgan fingerprint density at radius 3 is 2.94 bits per heavy atom. The average Bonchev–Trinajstić information content (AvgIpc) is 2.64. The molecule has 0 aromatic carbocycles. The van der Waals surface area contributed by atoms with Crippen LogP contribution in [0.3, 0.4) is 0 Å². The number of carbonyl (C=O) groups is 1. The molecule has 0 amide bonds. The molecule has 0 spiro atoms. The van der Waals surface area contributed by atoms with Crippen molar-refractivity contribution in [2.75, 3.05) is 11.9 Å². The summed E-state index contributed by atoms with van der Waals surface area (Å²) in [5.74, 6) is -0.536. The van der Waals surface area contributed by atoms with E-state index in [-0.39, 0.29) is 17.7 Å². The minimum absolute atomic E-state index is 0.0824. The van der Waals surface area contributed by atoms with E-state index >= 15 is 0 Å². The summed E-state index contributed by atoms with van der Waals surface area (Å²) >= 11 is 0. The number of nitrogens with zero attached hydrogens (tertiary/aromatic N) is 1. The highest BCUT2D eigenvalue weighted by molar-refractivity contribution is 5.93. The second kappa shape index (κ2) is 4.71. The SMILES string of the molecule is Cc1ccc(C(=O)O)c(NC2CCOC2C)n1. The third-order valence-corrected chi connectivity index (χ3v) is 2.96. The molecule has 1 fully saturated rings. The summed E-state index contributed by atoms with van der Waals surface area (Å²) in [6, 6.07) is 3.40. The number of pyridine rings is 1. The van der Waals surface area contributed by atoms with Gasteiger partial charge in [-0.05, 0) is 32.4 Å². The van der Waals surface area contributed by atoms with Gasteiger partial charge in [0, 0.05) is 12.3 Å². The molecule has 1 aromatic rings. The van der Waals surface area contributed by atoms with Gasteiger partial charge in [0.15, 0.2) is 0 Å². The van der Waals surface area contributed by atoms with Crippen molar-refractivity contribution < 1.29 is 14.6 Å². The lowest BCUT2D eigenvalue weighted by atomic mass is 10.1. The zero-order valence-electron chi connectivity index (χ0n) is 9.93. The molecule has 1 aliphatic heterocycles. The first-order valence-corrected chi connectivity index (χ1v) is 5.67. The van der Waals surface area contributed by atoms with Crippen molar-refractivity contribution in [2.45, 2.75) is 32.4 Å². The fraction of sp³-hybridized carbons (Fsp3) is 0.500. The largest absolute Gasteiger partial charge is 0.478 e. The van der Waals surface area contributed by atoms with Crippen LogP contribution in [0.5, 0.6) is 0 Å². The van der Waals surface area contributed by atoms with E-state index in [2.05, 4.69) is 10.3 Å². The summed E-state index contributed by atoms with van der Waals surface area (Å²) in [4.78, 5) is 15.3. The molecule has 0 bridgehead atoms. The lowest BCUT2D eigenvalue weighted by molar-refractivity contribution is 0.0697. The summed E-state index contributed by atoms with van der Waals surface area (Å²) in [5.41, 5.74) is 0.999. The van der Waals surface area contributed by atoms with E-state index in [4.69, 9.17) is 9.84 Å². The molecular weight excluding hydrogens is 220 g/mol. The lowest BCUT2D eigenvalue weighted by Crippen LogP contribution is -2.28. The zero-order valence-corrected chi connectivity index (χ0v) is 9.93. The molecule has 0 saturated carbocycles. The fourth-order valence-corrected chi connectivity index (χ4v) is 1.94. The van der Waals surface area contributed by atoms with Crippen LogP contribution in [0, 0.1) is 6.92 Å². The normalized spacial score (nSPS) is 23.6. The molecule has 2 rings (SSSR count). The first-order valence-electron chi connectivity index (χ1n) is 5.67. The minimum atomic E-state index is -0.966. The Labute approximate surface area is 99.8 Å². The van der Waals surface area contributed by atoms with Crippen molar-refractivity contribution in [1.82, 2.24) is 4.98 Å². The van der Waals surface area contributed by atoms with Crippen LogP contribution in [0.1, 0.15) is 29.4 Å². The molecule has 5 heteroatoms. The van der Waals surface area contributed by atoms with Gasteiger partial charge >= 0.3 is 5.97 Å². The summed E-state index contributed by atoms with van der Waals surface area (Å²) < 4.78 is 5.43. The minimum Gasteiger partial charge on any atom is -0.478 e. The van der Waals surface area contributed by atoms with E-state index in [1.807, 2.05) is 13.8 Å².